The van der Waals surface area contributed by atoms with Gasteiger partial charge in [-0.05, 0) is 83.1 Å². The average Bonchev–Trinajstić information content (AvgIpc) is 3.36. The third-order valence-corrected chi connectivity index (χ3v) is 7.92. The normalized spacial score (nSPS) is 21.9. The molecule has 0 bridgehead atoms. The molecule has 1 aromatic rings. The molecule has 3 atom stereocenters. The van der Waals surface area contributed by atoms with Crippen LogP contribution in [0, 0.1) is 11.3 Å². The van der Waals surface area contributed by atoms with E-state index in [2.05, 4.69) is 31.3 Å². The zero-order chi connectivity index (χ0) is 29.4. The van der Waals surface area contributed by atoms with Crippen molar-refractivity contribution in [3.8, 4) is 6.07 Å². The predicted octanol–water partition coefficient (Wildman–Crippen LogP) is 3.07. The van der Waals surface area contributed by atoms with E-state index >= 15 is 0 Å². The van der Waals surface area contributed by atoms with Crippen molar-refractivity contribution in [1.29, 1.82) is 5.26 Å². The number of aliphatic imine (C=N–C) groups is 1. The van der Waals surface area contributed by atoms with E-state index < -0.39 is 11.3 Å². The molecule has 1 saturated heterocycles. The number of amides is 2. The number of carbonyl (C=O) groups is 2. The van der Waals surface area contributed by atoms with Gasteiger partial charge in [-0.3, -0.25) is 14.4 Å². The lowest BCUT2D eigenvalue weighted by Gasteiger charge is -2.44. The van der Waals surface area contributed by atoms with Gasteiger partial charge in [0.05, 0.1) is 31.2 Å². The van der Waals surface area contributed by atoms with E-state index in [9.17, 15) is 14.9 Å². The fraction of sp³-hybridized carbons (Fsp3) is 0.600. The molecule has 2 amide bonds. The van der Waals surface area contributed by atoms with Gasteiger partial charge in [0.25, 0.3) is 0 Å². The van der Waals surface area contributed by atoms with Crippen LogP contribution in [0.25, 0.3) is 0 Å². The lowest BCUT2D eigenvalue weighted by Crippen LogP contribution is -2.53. The molecule has 10 heteroatoms. The molecule has 3 N–H and O–H groups in total. The number of hydroxylamine groups is 2. The zero-order valence-corrected chi connectivity index (χ0v) is 24.7. The number of hydrogen-bond acceptors (Lipinski definition) is 7. The largest absolute Gasteiger partial charge is 0.366 e. The summed E-state index contributed by atoms with van der Waals surface area (Å²) in [5, 5.41) is 14.7. The Labute approximate surface area is 238 Å². The number of aryl methyl sites for hydroxylation is 1. The van der Waals surface area contributed by atoms with Crippen LogP contribution in [0.4, 0.5) is 0 Å². The van der Waals surface area contributed by atoms with Crippen LogP contribution in [0.5, 0.6) is 0 Å². The van der Waals surface area contributed by atoms with Gasteiger partial charge in [0.1, 0.15) is 18.6 Å². The summed E-state index contributed by atoms with van der Waals surface area (Å²) in [6.07, 6.45) is 5.88. The van der Waals surface area contributed by atoms with Crippen LogP contribution in [0.2, 0.25) is 0 Å². The van der Waals surface area contributed by atoms with Crippen LogP contribution >= 0.6 is 0 Å². The van der Waals surface area contributed by atoms with E-state index in [1.165, 1.54) is 0 Å². The summed E-state index contributed by atoms with van der Waals surface area (Å²) >= 11 is 0. The van der Waals surface area contributed by atoms with Crippen LogP contribution in [-0.2, 0) is 26.2 Å². The number of fused-ring (bicyclic) bond motifs is 1. The van der Waals surface area contributed by atoms with Gasteiger partial charge in [-0.15, -0.1) is 0 Å². The van der Waals surface area contributed by atoms with Crippen molar-refractivity contribution in [2.24, 2.45) is 10.7 Å². The molecular weight excluding hydrogens is 508 g/mol. The first-order valence-electron chi connectivity index (χ1n) is 14.0. The lowest BCUT2D eigenvalue weighted by atomic mass is 9.68. The van der Waals surface area contributed by atoms with E-state index in [1.54, 1.807) is 25.2 Å². The molecule has 2 aliphatic rings. The maximum Gasteiger partial charge on any atom is 0.248 e. The quantitative estimate of drug-likeness (QED) is 0.187. The minimum Gasteiger partial charge on any atom is -0.366 e. The fourth-order valence-corrected chi connectivity index (χ4v) is 6.01. The van der Waals surface area contributed by atoms with Gasteiger partial charge in [-0.1, -0.05) is 17.7 Å². The lowest BCUT2D eigenvalue weighted by molar-refractivity contribution is -0.130. The summed E-state index contributed by atoms with van der Waals surface area (Å²) in [4.78, 5) is 37.6. The van der Waals surface area contributed by atoms with Gasteiger partial charge in [-0.25, -0.2) is 10.1 Å². The van der Waals surface area contributed by atoms with Gasteiger partial charge in [0.15, 0.2) is 0 Å². The molecule has 2 unspecified atom stereocenters. The first-order valence-corrected chi connectivity index (χ1v) is 14.0. The highest BCUT2D eigenvalue weighted by molar-refractivity contribution is 5.98. The number of likely N-dealkylation sites (tertiary alicyclic amines) is 1. The summed E-state index contributed by atoms with van der Waals surface area (Å²) in [5.41, 5.74) is 8.50. The Morgan fingerprint density at radius 2 is 2.08 bits per heavy atom. The number of ether oxygens (including phenoxy) is 1. The second-order valence-electron chi connectivity index (χ2n) is 10.9. The molecule has 1 fully saturated rings. The first-order chi connectivity index (χ1) is 19.1. The maximum atomic E-state index is 13.0. The smallest absolute Gasteiger partial charge is 0.248 e. The molecule has 1 aliphatic carbocycles. The van der Waals surface area contributed by atoms with E-state index in [0.717, 1.165) is 42.4 Å². The molecular formula is C30H44N6O4. The number of allylic oxidation sites excluding steroid dienone is 1. The Balaban J connectivity index is 2.10. The number of benzene rings is 1. The molecule has 0 radical (unpaired) electrons. The summed E-state index contributed by atoms with van der Waals surface area (Å²) in [6.45, 7) is 9.11. The van der Waals surface area contributed by atoms with Crippen molar-refractivity contribution < 1.29 is 19.2 Å². The monoisotopic (exact) mass is 552 g/mol. The molecule has 0 saturated carbocycles. The molecule has 3 rings (SSSR count). The topological polar surface area (TPSA) is 133 Å². The molecule has 1 aromatic carbocycles. The van der Waals surface area contributed by atoms with Gasteiger partial charge in [0.2, 0.25) is 11.8 Å². The Morgan fingerprint density at radius 1 is 1.32 bits per heavy atom. The highest BCUT2D eigenvalue weighted by Gasteiger charge is 2.46. The van der Waals surface area contributed by atoms with E-state index in [1.807, 2.05) is 31.0 Å². The average molecular weight is 553 g/mol. The Hall–Kier alpha value is -3.26. The van der Waals surface area contributed by atoms with Crippen molar-refractivity contribution in [3.63, 3.8) is 0 Å². The molecule has 0 spiro atoms. The van der Waals surface area contributed by atoms with Crippen LogP contribution < -0.4 is 11.1 Å². The van der Waals surface area contributed by atoms with Gasteiger partial charge < -0.3 is 20.7 Å². The van der Waals surface area contributed by atoms with Crippen molar-refractivity contribution in [3.05, 3.63) is 46.5 Å². The Bertz CT molecular complexity index is 1170. The van der Waals surface area contributed by atoms with Crippen LogP contribution in [-0.4, -0.2) is 79.8 Å². The fourth-order valence-electron chi connectivity index (χ4n) is 6.01. The summed E-state index contributed by atoms with van der Waals surface area (Å²) in [5.74, 6) is 0.153. The Kier molecular flexibility index (Phi) is 10.9. The molecule has 10 nitrogen and oxygen atoms in total. The highest BCUT2D eigenvalue weighted by atomic mass is 16.7. The first kappa shape index (κ1) is 31.3. The number of primary amides is 1. The zero-order valence-electron chi connectivity index (χ0n) is 24.7. The number of rotatable bonds is 11. The van der Waals surface area contributed by atoms with Crippen LogP contribution in [0.3, 0.4) is 0 Å². The third-order valence-electron chi connectivity index (χ3n) is 7.92. The minimum absolute atomic E-state index is 0.0372. The summed E-state index contributed by atoms with van der Waals surface area (Å²) in [7, 11) is 3.23. The number of carbonyl (C=O) groups excluding carboxylic acids is 2. The van der Waals surface area contributed by atoms with E-state index in [0.29, 0.717) is 24.4 Å². The van der Waals surface area contributed by atoms with Crippen LogP contribution in [0.15, 0.2) is 34.8 Å². The second-order valence-corrected chi connectivity index (χ2v) is 10.9. The predicted molar refractivity (Wildman–Crippen MR) is 154 cm³/mol. The molecule has 1 heterocycles. The molecule has 1 aliphatic heterocycles. The van der Waals surface area contributed by atoms with Crippen molar-refractivity contribution >= 4 is 17.6 Å². The highest BCUT2D eigenvalue weighted by Crippen LogP contribution is 2.44. The SMILES string of the molecule is COC/N=C(\N(OC)C(C)C)C1(C[C@@H](C)NCC(=O)N2CCCC2C#N)C(C)=CCCc2cc(C(N)=O)ccc21. The minimum atomic E-state index is -0.751. The van der Waals surface area contributed by atoms with Crippen LogP contribution in [0.1, 0.15) is 74.9 Å². The standard InChI is InChI=1S/C30H44N6O4/c1-20(2)36(40-6)29(34-19-39-5)30(16-22(4)33-18-27(37)35-14-8-11-25(35)17-31)21(3)9-7-10-23-15-24(28(32)38)12-13-26(23)30/h9,12-13,15,20,22,25,33H,7-8,10-11,14,16,18-19H2,1-6H3,(H2,32,38)/b34-29-/t22-,25?,30?/m1/s1. The van der Waals surface area contributed by atoms with Crippen molar-refractivity contribution in [2.75, 3.05) is 34.0 Å². The summed E-state index contributed by atoms with van der Waals surface area (Å²) in [6, 6.07) is 7.36. The summed E-state index contributed by atoms with van der Waals surface area (Å²) < 4.78 is 5.41. The number of hydrogen-bond donors (Lipinski definition) is 2. The molecule has 0 aromatic heterocycles. The van der Waals surface area contributed by atoms with Crippen molar-refractivity contribution in [1.82, 2.24) is 15.3 Å². The number of nitrogens with two attached hydrogens (primary N) is 1. The number of nitrogens with zero attached hydrogens (tertiary/aromatic N) is 4. The van der Waals surface area contributed by atoms with Crippen molar-refractivity contribution in [2.45, 2.75) is 83.3 Å². The molecule has 218 valence electrons. The molecule has 40 heavy (non-hydrogen) atoms. The van der Waals surface area contributed by atoms with E-state index in [4.69, 9.17) is 20.3 Å². The number of nitriles is 1. The maximum absolute atomic E-state index is 13.0. The number of amidine groups is 1. The van der Waals surface area contributed by atoms with Gasteiger partial charge >= 0.3 is 0 Å². The van der Waals surface area contributed by atoms with E-state index in [-0.39, 0.29) is 37.3 Å². The van der Waals surface area contributed by atoms with Gasteiger partial charge in [0, 0.05) is 25.3 Å². The number of methoxy groups -OCH3 is 1. The Morgan fingerprint density at radius 3 is 2.70 bits per heavy atom. The third kappa shape index (κ3) is 6.54. The number of nitrogens with one attached hydrogen (secondary N) is 1. The van der Waals surface area contributed by atoms with Gasteiger partial charge in [-0.2, -0.15) is 5.26 Å². The second kappa shape index (κ2) is 13.9.